The number of hydrogen-bond donors (Lipinski definition) is 1. The van der Waals surface area contributed by atoms with Gasteiger partial charge in [-0.1, -0.05) is 23.8 Å². The van der Waals surface area contributed by atoms with Crippen LogP contribution < -0.4 is 0 Å². The molecular weight excluding hydrogens is 259 g/mol. The van der Waals surface area contributed by atoms with Crippen LogP contribution in [0.5, 0.6) is 0 Å². The SMILES string of the molecule is Fc1cc(-n2[nH]c(C3CC3)cc2=S)ccc1Cl. The molecule has 1 saturated carbocycles. The van der Waals surface area contributed by atoms with Crippen LogP contribution >= 0.6 is 23.8 Å². The highest BCUT2D eigenvalue weighted by molar-refractivity contribution is 7.71. The zero-order valence-corrected chi connectivity index (χ0v) is 10.5. The Bertz CT molecular complexity index is 628. The fourth-order valence-electron chi connectivity index (χ4n) is 1.83. The molecule has 0 amide bonds. The summed E-state index contributed by atoms with van der Waals surface area (Å²) >= 11 is 10.9. The number of nitrogens with zero attached hydrogens (tertiary/aromatic N) is 1. The zero-order chi connectivity index (χ0) is 12.0. The zero-order valence-electron chi connectivity index (χ0n) is 8.91. The van der Waals surface area contributed by atoms with Gasteiger partial charge in [-0.25, -0.2) is 9.07 Å². The minimum Gasteiger partial charge on any atom is -0.297 e. The number of H-pyrrole nitrogens is 1. The van der Waals surface area contributed by atoms with E-state index in [9.17, 15) is 4.39 Å². The monoisotopic (exact) mass is 268 g/mol. The van der Waals surface area contributed by atoms with Crippen molar-refractivity contribution in [3.05, 3.63) is 45.4 Å². The van der Waals surface area contributed by atoms with Crippen molar-refractivity contribution in [2.24, 2.45) is 0 Å². The first-order valence-electron chi connectivity index (χ1n) is 5.42. The lowest BCUT2D eigenvalue weighted by Crippen LogP contribution is -1.98. The van der Waals surface area contributed by atoms with Crippen LogP contribution in [0.2, 0.25) is 5.02 Å². The molecule has 5 heteroatoms. The molecule has 17 heavy (non-hydrogen) atoms. The molecule has 88 valence electrons. The molecule has 0 bridgehead atoms. The molecule has 2 nitrogen and oxygen atoms in total. The molecule has 3 rings (SSSR count). The van der Waals surface area contributed by atoms with Gasteiger partial charge in [0.25, 0.3) is 0 Å². The number of benzene rings is 1. The Morgan fingerprint density at radius 1 is 1.35 bits per heavy atom. The Kier molecular flexibility index (Phi) is 2.56. The van der Waals surface area contributed by atoms with E-state index in [1.54, 1.807) is 10.7 Å². The minimum atomic E-state index is -0.436. The summed E-state index contributed by atoms with van der Waals surface area (Å²) < 4.78 is 15.8. The van der Waals surface area contributed by atoms with E-state index < -0.39 is 5.82 Å². The van der Waals surface area contributed by atoms with Gasteiger partial charge in [-0.2, -0.15) is 0 Å². The smallest absolute Gasteiger partial charge is 0.143 e. The first kappa shape index (κ1) is 11.0. The van der Waals surface area contributed by atoms with E-state index in [1.165, 1.54) is 25.0 Å². The van der Waals surface area contributed by atoms with E-state index >= 15 is 0 Å². The molecule has 0 spiro atoms. The number of nitrogens with one attached hydrogen (secondary N) is 1. The van der Waals surface area contributed by atoms with Crippen LogP contribution in [-0.4, -0.2) is 9.78 Å². The second kappa shape index (κ2) is 3.96. The molecule has 1 fully saturated rings. The molecule has 0 saturated heterocycles. The molecule has 1 aliphatic carbocycles. The second-order valence-corrected chi connectivity index (χ2v) is 5.08. The topological polar surface area (TPSA) is 20.7 Å². The molecule has 1 heterocycles. The van der Waals surface area contributed by atoms with Crippen LogP contribution in [0.25, 0.3) is 5.69 Å². The summed E-state index contributed by atoms with van der Waals surface area (Å²) in [6.45, 7) is 0. The maximum Gasteiger partial charge on any atom is 0.143 e. The van der Waals surface area contributed by atoms with Crippen molar-refractivity contribution in [2.45, 2.75) is 18.8 Å². The maximum absolute atomic E-state index is 13.4. The number of aromatic amines is 1. The van der Waals surface area contributed by atoms with Gasteiger partial charge in [0, 0.05) is 17.7 Å². The van der Waals surface area contributed by atoms with Crippen molar-refractivity contribution >= 4 is 23.8 Å². The Morgan fingerprint density at radius 2 is 2.12 bits per heavy atom. The Hall–Kier alpha value is -1.13. The van der Waals surface area contributed by atoms with Gasteiger partial charge in [0.1, 0.15) is 10.5 Å². The molecule has 2 aromatic rings. The van der Waals surface area contributed by atoms with Crippen molar-refractivity contribution in [1.29, 1.82) is 0 Å². The third-order valence-corrected chi connectivity index (χ3v) is 3.53. The van der Waals surface area contributed by atoms with E-state index in [-0.39, 0.29) is 5.02 Å². The van der Waals surface area contributed by atoms with Crippen molar-refractivity contribution in [3.8, 4) is 5.69 Å². The lowest BCUT2D eigenvalue weighted by Gasteiger charge is -2.04. The summed E-state index contributed by atoms with van der Waals surface area (Å²) in [4.78, 5) is 0. The first-order valence-corrected chi connectivity index (χ1v) is 6.21. The van der Waals surface area contributed by atoms with Crippen molar-refractivity contribution in [1.82, 2.24) is 9.78 Å². The third-order valence-electron chi connectivity index (χ3n) is 2.92. The Morgan fingerprint density at radius 3 is 2.76 bits per heavy atom. The van der Waals surface area contributed by atoms with Crippen LogP contribution in [0.3, 0.4) is 0 Å². The predicted molar refractivity (Wildman–Crippen MR) is 67.9 cm³/mol. The van der Waals surface area contributed by atoms with Crippen LogP contribution in [0.15, 0.2) is 24.3 Å². The van der Waals surface area contributed by atoms with Crippen molar-refractivity contribution in [2.75, 3.05) is 0 Å². The molecule has 1 aromatic heterocycles. The summed E-state index contributed by atoms with van der Waals surface area (Å²) in [5.74, 6) is 0.156. The van der Waals surface area contributed by atoms with Gasteiger partial charge < -0.3 is 0 Å². The Labute approximate surface area is 108 Å². The molecule has 1 aromatic carbocycles. The van der Waals surface area contributed by atoms with Crippen LogP contribution in [0, 0.1) is 10.5 Å². The highest BCUT2D eigenvalue weighted by Crippen LogP contribution is 2.39. The lowest BCUT2D eigenvalue weighted by atomic mass is 10.3. The van der Waals surface area contributed by atoms with Gasteiger partial charge in [-0.05, 0) is 31.0 Å². The number of halogens is 2. The van der Waals surface area contributed by atoms with Crippen LogP contribution in [0.4, 0.5) is 4.39 Å². The van der Waals surface area contributed by atoms with Gasteiger partial charge >= 0.3 is 0 Å². The molecule has 0 atom stereocenters. The van der Waals surface area contributed by atoms with Gasteiger partial charge in [-0.15, -0.1) is 0 Å². The van der Waals surface area contributed by atoms with E-state index in [1.807, 2.05) is 6.07 Å². The summed E-state index contributed by atoms with van der Waals surface area (Å²) in [5.41, 5.74) is 1.80. The largest absolute Gasteiger partial charge is 0.297 e. The highest BCUT2D eigenvalue weighted by Gasteiger charge is 2.25. The number of aromatic nitrogens is 2. The van der Waals surface area contributed by atoms with Crippen LogP contribution in [-0.2, 0) is 0 Å². The fraction of sp³-hybridized carbons (Fsp3) is 0.250. The van der Waals surface area contributed by atoms with Crippen molar-refractivity contribution < 1.29 is 4.39 Å². The summed E-state index contributed by atoms with van der Waals surface area (Å²) in [7, 11) is 0. The average Bonchev–Trinajstić information content (AvgIpc) is 3.07. The van der Waals surface area contributed by atoms with Gasteiger partial charge in [0.05, 0.1) is 10.7 Å². The third kappa shape index (κ3) is 2.03. The summed E-state index contributed by atoms with van der Waals surface area (Å²) in [6.07, 6.45) is 2.40. The molecule has 0 radical (unpaired) electrons. The second-order valence-electron chi connectivity index (χ2n) is 4.26. The molecule has 1 N–H and O–H groups in total. The highest BCUT2D eigenvalue weighted by atomic mass is 35.5. The summed E-state index contributed by atoms with van der Waals surface area (Å²) in [6, 6.07) is 6.60. The van der Waals surface area contributed by atoms with E-state index in [4.69, 9.17) is 23.8 Å². The lowest BCUT2D eigenvalue weighted by molar-refractivity contribution is 0.625. The van der Waals surface area contributed by atoms with Gasteiger partial charge in [-0.3, -0.25) is 5.10 Å². The standard InChI is InChI=1S/C12H10ClFN2S/c13-9-4-3-8(5-10(9)14)16-12(17)6-11(15-16)7-1-2-7/h3-7,15H,1-2H2. The van der Waals surface area contributed by atoms with Crippen molar-refractivity contribution in [3.63, 3.8) is 0 Å². The van der Waals surface area contributed by atoms with E-state index in [2.05, 4.69) is 5.10 Å². The molecule has 0 aliphatic heterocycles. The van der Waals surface area contributed by atoms with E-state index in [0.717, 1.165) is 5.69 Å². The van der Waals surface area contributed by atoms with Gasteiger partial charge in [0.15, 0.2) is 0 Å². The predicted octanol–water partition coefficient (Wildman–Crippen LogP) is 4.20. The Balaban J connectivity index is 2.07. The molecule has 1 aliphatic rings. The minimum absolute atomic E-state index is 0.120. The maximum atomic E-state index is 13.4. The quantitative estimate of drug-likeness (QED) is 0.810. The number of rotatable bonds is 2. The summed E-state index contributed by atoms with van der Waals surface area (Å²) in [5, 5.41) is 3.33. The van der Waals surface area contributed by atoms with Gasteiger partial charge in [0.2, 0.25) is 0 Å². The first-order chi connectivity index (χ1) is 8.15. The molecular formula is C12H10ClFN2S. The molecule has 0 unspecified atom stereocenters. The van der Waals surface area contributed by atoms with E-state index in [0.29, 0.717) is 16.2 Å². The normalized spacial score (nSPS) is 15.2. The van der Waals surface area contributed by atoms with Crippen LogP contribution in [0.1, 0.15) is 24.5 Å². The fourth-order valence-corrected chi connectivity index (χ4v) is 2.23. The average molecular weight is 269 g/mol. The number of hydrogen-bond acceptors (Lipinski definition) is 1.